The maximum Gasteiger partial charge on any atom is 0.317 e. The quantitative estimate of drug-likeness (QED) is 0.498. The Hall–Kier alpha value is -0.690. The van der Waals surface area contributed by atoms with Crippen LogP contribution in [0, 0.1) is 0 Å². The molecule has 0 aromatic heterocycles. The molecule has 2 heterocycles. The van der Waals surface area contributed by atoms with Crippen molar-refractivity contribution in [2.24, 2.45) is 0 Å². The predicted molar refractivity (Wildman–Crippen MR) is 62.1 cm³/mol. The van der Waals surface area contributed by atoms with Crippen LogP contribution in [0.1, 0.15) is 0 Å². The van der Waals surface area contributed by atoms with Crippen LogP contribution in [0.3, 0.4) is 0 Å². The van der Waals surface area contributed by atoms with Crippen LogP contribution in [-0.4, -0.2) is 74.2 Å². The molecule has 0 radical (unpaired) electrons. The van der Waals surface area contributed by atoms with E-state index in [1.54, 1.807) is 4.90 Å². The van der Waals surface area contributed by atoms with E-state index in [1.165, 1.54) is 0 Å². The molecular formula is C10H17ClN2O4. The zero-order chi connectivity index (χ0) is 12.7. The maximum absolute atomic E-state index is 11.2. The van der Waals surface area contributed by atoms with Crippen LogP contribution in [0.5, 0.6) is 0 Å². The van der Waals surface area contributed by atoms with E-state index in [4.69, 9.17) is 25.9 Å². The molecule has 0 saturated carbocycles. The molecule has 2 fully saturated rings. The van der Waals surface area contributed by atoms with Crippen molar-refractivity contribution in [1.82, 2.24) is 9.80 Å². The molecular weight excluding hydrogens is 248 g/mol. The highest BCUT2D eigenvalue weighted by atomic mass is 35.5. The molecule has 2 rings (SSSR count). The normalized spacial score (nSPS) is 25.9. The zero-order valence-electron chi connectivity index (χ0n) is 9.64. The summed E-state index contributed by atoms with van der Waals surface area (Å²) in [6.45, 7) is 6.76. The van der Waals surface area contributed by atoms with Crippen molar-refractivity contribution in [3.05, 3.63) is 0 Å². The van der Waals surface area contributed by atoms with Gasteiger partial charge in [-0.15, -0.1) is 0 Å². The molecule has 0 spiro atoms. The number of carbonyl (C=O) groups is 2. The summed E-state index contributed by atoms with van der Waals surface area (Å²) in [5.74, 6) is 0. The third-order valence-electron chi connectivity index (χ3n) is 2.80. The van der Waals surface area contributed by atoms with Gasteiger partial charge >= 0.3 is 5.37 Å². The summed E-state index contributed by atoms with van der Waals surface area (Å²) in [5.41, 5.74) is 0. The van der Waals surface area contributed by atoms with E-state index in [-0.39, 0.29) is 6.17 Å². The number of carbonyl (C=O) groups excluding carboxylic acids is 2. The second-order valence-electron chi connectivity index (χ2n) is 3.65. The van der Waals surface area contributed by atoms with Crippen molar-refractivity contribution >= 4 is 23.8 Å². The van der Waals surface area contributed by atoms with E-state index in [2.05, 4.69) is 4.90 Å². The second kappa shape index (κ2) is 7.60. The molecule has 0 aromatic carbocycles. The standard InChI is InChI=1S/C9H15ClN2O3.CH2O/c10-9(13)12-3-6-15-7-8(12)11-1-4-14-5-2-11;1-2/h8H,1-7H2;1H2. The first-order chi connectivity index (χ1) is 8.29. The van der Waals surface area contributed by atoms with Crippen LogP contribution in [0.25, 0.3) is 0 Å². The van der Waals surface area contributed by atoms with E-state index in [9.17, 15) is 4.79 Å². The van der Waals surface area contributed by atoms with E-state index in [0.717, 1.165) is 13.1 Å². The van der Waals surface area contributed by atoms with Gasteiger partial charge in [-0.3, -0.25) is 9.69 Å². The Kier molecular flexibility index (Phi) is 6.43. The molecule has 17 heavy (non-hydrogen) atoms. The van der Waals surface area contributed by atoms with Crippen LogP contribution >= 0.6 is 11.6 Å². The molecule has 1 unspecified atom stereocenters. The first kappa shape index (κ1) is 14.4. The van der Waals surface area contributed by atoms with Gasteiger partial charge in [0.15, 0.2) is 0 Å². The average molecular weight is 265 g/mol. The van der Waals surface area contributed by atoms with Crippen LogP contribution in [0.4, 0.5) is 4.79 Å². The molecule has 0 aliphatic carbocycles. The molecule has 0 aromatic rings. The third kappa shape index (κ3) is 3.92. The number of rotatable bonds is 1. The molecule has 1 amide bonds. The molecule has 2 aliphatic heterocycles. The minimum Gasteiger partial charge on any atom is -0.379 e. The number of nitrogens with zero attached hydrogens (tertiary/aromatic N) is 2. The fourth-order valence-electron chi connectivity index (χ4n) is 1.97. The largest absolute Gasteiger partial charge is 0.379 e. The number of hydrogen-bond donors (Lipinski definition) is 0. The smallest absolute Gasteiger partial charge is 0.317 e. The number of amides is 1. The summed E-state index contributed by atoms with van der Waals surface area (Å²) in [6.07, 6.45) is -0.0207. The molecule has 2 saturated heterocycles. The van der Waals surface area contributed by atoms with Crippen LogP contribution < -0.4 is 0 Å². The Balaban J connectivity index is 0.000000686. The molecule has 0 N–H and O–H groups in total. The number of morpholine rings is 2. The monoisotopic (exact) mass is 264 g/mol. The van der Waals surface area contributed by atoms with Gasteiger partial charge in [0.1, 0.15) is 13.0 Å². The van der Waals surface area contributed by atoms with Crippen LogP contribution in [-0.2, 0) is 14.3 Å². The minimum absolute atomic E-state index is 0.0207. The van der Waals surface area contributed by atoms with Crippen molar-refractivity contribution in [3.63, 3.8) is 0 Å². The van der Waals surface area contributed by atoms with E-state index in [1.807, 2.05) is 6.79 Å². The third-order valence-corrected chi connectivity index (χ3v) is 3.01. The second-order valence-corrected chi connectivity index (χ2v) is 3.97. The first-order valence-corrected chi connectivity index (χ1v) is 5.81. The highest BCUT2D eigenvalue weighted by Gasteiger charge is 2.31. The highest BCUT2D eigenvalue weighted by Crippen LogP contribution is 2.15. The number of halogens is 1. The van der Waals surface area contributed by atoms with Crippen molar-refractivity contribution in [2.75, 3.05) is 46.1 Å². The molecule has 7 heteroatoms. The van der Waals surface area contributed by atoms with Gasteiger partial charge in [0.2, 0.25) is 0 Å². The van der Waals surface area contributed by atoms with Crippen molar-refractivity contribution in [2.45, 2.75) is 6.17 Å². The fraction of sp³-hybridized carbons (Fsp3) is 0.800. The highest BCUT2D eigenvalue weighted by molar-refractivity contribution is 6.62. The lowest BCUT2D eigenvalue weighted by atomic mass is 10.3. The van der Waals surface area contributed by atoms with E-state index >= 15 is 0 Å². The van der Waals surface area contributed by atoms with Gasteiger partial charge in [0.25, 0.3) is 0 Å². The lowest BCUT2D eigenvalue weighted by Crippen LogP contribution is -2.58. The van der Waals surface area contributed by atoms with Gasteiger partial charge in [-0.05, 0) is 11.6 Å². The van der Waals surface area contributed by atoms with Crippen molar-refractivity contribution < 1.29 is 19.1 Å². The molecule has 6 nitrogen and oxygen atoms in total. The zero-order valence-corrected chi connectivity index (χ0v) is 10.4. The Morgan fingerprint density at radius 1 is 1.12 bits per heavy atom. The van der Waals surface area contributed by atoms with Crippen LogP contribution in [0.15, 0.2) is 0 Å². The Bertz CT molecular complexity index is 248. The average Bonchev–Trinajstić information content (AvgIpc) is 2.42. The maximum atomic E-state index is 11.2. The minimum atomic E-state index is -0.394. The SMILES string of the molecule is C=O.O=C(Cl)N1CCOCC1N1CCOCC1. The van der Waals surface area contributed by atoms with Crippen LogP contribution in [0.2, 0.25) is 0 Å². The van der Waals surface area contributed by atoms with Gasteiger partial charge in [-0.2, -0.15) is 0 Å². The van der Waals surface area contributed by atoms with Crippen molar-refractivity contribution in [3.8, 4) is 0 Å². The molecule has 1 atom stereocenters. The summed E-state index contributed by atoms with van der Waals surface area (Å²) in [4.78, 5) is 23.1. The Morgan fingerprint density at radius 3 is 2.29 bits per heavy atom. The number of hydrogen-bond acceptors (Lipinski definition) is 5. The van der Waals surface area contributed by atoms with Gasteiger partial charge in [0, 0.05) is 19.6 Å². The topological polar surface area (TPSA) is 59.1 Å². The van der Waals surface area contributed by atoms with Gasteiger partial charge in [-0.1, -0.05) is 0 Å². The molecule has 2 aliphatic rings. The number of ether oxygens (including phenoxy) is 2. The fourth-order valence-corrected chi connectivity index (χ4v) is 2.17. The van der Waals surface area contributed by atoms with Gasteiger partial charge < -0.3 is 19.2 Å². The van der Waals surface area contributed by atoms with Gasteiger partial charge in [-0.25, -0.2) is 0 Å². The van der Waals surface area contributed by atoms with Gasteiger partial charge in [0.05, 0.1) is 26.4 Å². The first-order valence-electron chi connectivity index (χ1n) is 5.43. The summed E-state index contributed by atoms with van der Waals surface area (Å²) >= 11 is 5.54. The Morgan fingerprint density at radius 2 is 1.71 bits per heavy atom. The molecule has 98 valence electrons. The van der Waals surface area contributed by atoms with Crippen molar-refractivity contribution in [1.29, 1.82) is 0 Å². The summed E-state index contributed by atoms with van der Waals surface area (Å²) < 4.78 is 10.6. The summed E-state index contributed by atoms with van der Waals surface area (Å²) in [6, 6.07) is 0. The Labute approximate surface area is 105 Å². The van der Waals surface area contributed by atoms with E-state index in [0.29, 0.717) is 33.0 Å². The van der Waals surface area contributed by atoms with E-state index < -0.39 is 5.37 Å². The molecule has 0 bridgehead atoms. The lowest BCUT2D eigenvalue weighted by Gasteiger charge is -2.42. The summed E-state index contributed by atoms with van der Waals surface area (Å²) in [7, 11) is 0. The lowest BCUT2D eigenvalue weighted by molar-refractivity contribution is -0.0979. The summed E-state index contributed by atoms with van der Waals surface area (Å²) in [5, 5.41) is -0.394. The predicted octanol–water partition coefficient (Wildman–Crippen LogP) is 0.151.